The first-order chi connectivity index (χ1) is 17.3. The normalized spacial score (nSPS) is 15.8. The average molecular weight is 534 g/mol. The van der Waals surface area contributed by atoms with Crippen LogP contribution in [0.15, 0.2) is 24.3 Å². The number of rotatable bonds is 18. The van der Waals surface area contributed by atoms with Crippen LogP contribution in [0, 0.1) is 22.7 Å². The van der Waals surface area contributed by atoms with E-state index in [0.717, 1.165) is 12.8 Å². The molecule has 3 unspecified atom stereocenters. The monoisotopic (exact) mass is 533 g/mol. The van der Waals surface area contributed by atoms with Crippen LogP contribution < -0.4 is 5.73 Å². The molecule has 1 rings (SSSR count). The molecule has 0 radical (unpaired) electrons. The Morgan fingerprint density at radius 3 is 1.62 bits per heavy atom. The van der Waals surface area contributed by atoms with Gasteiger partial charge in [-0.25, -0.2) is 0 Å². The quantitative estimate of drug-likeness (QED) is 0.187. The zero-order chi connectivity index (χ0) is 28.3. The van der Waals surface area contributed by atoms with Gasteiger partial charge in [-0.1, -0.05) is 0 Å². The van der Waals surface area contributed by atoms with E-state index in [2.05, 4.69) is 93.5 Å². The summed E-state index contributed by atoms with van der Waals surface area (Å²) in [5, 5.41) is 0. The molecule has 1 amide bonds. The van der Waals surface area contributed by atoms with E-state index in [9.17, 15) is 4.79 Å². The number of primary amides is 1. The molecule has 0 aliphatic rings. The fourth-order valence-electron chi connectivity index (χ4n) is 7.03. The van der Waals surface area contributed by atoms with Gasteiger partial charge in [0.1, 0.15) is 0 Å². The molecule has 3 atom stereocenters. The molecular weight excluding hydrogens is 469 g/mol. The van der Waals surface area contributed by atoms with Crippen molar-refractivity contribution in [3.05, 3.63) is 35.4 Å². The van der Waals surface area contributed by atoms with Crippen molar-refractivity contribution < 1.29 is 4.79 Å². The van der Waals surface area contributed by atoms with Crippen molar-refractivity contribution in [1.29, 1.82) is 0 Å². The molecule has 0 fully saturated rings. The molecule has 0 heterocycles. The van der Waals surface area contributed by atoms with Crippen LogP contribution in [0.5, 0.6) is 0 Å². The molecule has 2 N–H and O–H groups in total. The third-order valence-electron chi connectivity index (χ3n) is 9.53. The van der Waals surface area contributed by atoms with Crippen molar-refractivity contribution >= 4 is 13.2 Å². The summed E-state index contributed by atoms with van der Waals surface area (Å²) >= 11 is 0. The van der Waals surface area contributed by atoms with E-state index in [1.165, 1.54) is 68.7 Å². The Bertz CT molecular complexity index is 754. The van der Waals surface area contributed by atoms with Crippen LogP contribution in [0.2, 0.25) is 0 Å². The summed E-state index contributed by atoms with van der Waals surface area (Å²) in [7, 11) is -1.32. The zero-order valence-electron chi connectivity index (χ0n) is 26.5. The third kappa shape index (κ3) is 9.98. The molecule has 1 aromatic rings. The maximum absolute atomic E-state index is 12.5. The summed E-state index contributed by atoms with van der Waals surface area (Å²) in [6, 6.07) is 9.76. The Kier molecular flexibility index (Phi) is 14.4. The Hall–Kier alpha value is -0.880. The average Bonchev–Trinajstić information content (AvgIpc) is 2.83. The van der Waals surface area contributed by atoms with Gasteiger partial charge in [-0.2, -0.15) is 0 Å². The minimum absolute atomic E-state index is 0.0918. The van der Waals surface area contributed by atoms with Crippen LogP contribution >= 0.6 is 7.26 Å². The summed E-state index contributed by atoms with van der Waals surface area (Å²) in [5.41, 5.74) is 8.84. The standard InChI is InChI=1S/C34H64NOP/c1-11-15-23-37(24-16-12-2,25-17-13-3)26-28-19-21-29(22-20-28)31(33(6,7)8)27(5)34(9,10)30(18-14-4)32(35)36/h19-22,27,30-31,37H,11-18,23-26H2,1-10H3,(H2,35,36). The van der Waals surface area contributed by atoms with Crippen LogP contribution in [0.25, 0.3) is 0 Å². The first kappa shape index (κ1) is 34.1. The molecule has 2 nitrogen and oxygen atoms in total. The van der Waals surface area contributed by atoms with Crippen LogP contribution in [-0.2, 0) is 11.0 Å². The van der Waals surface area contributed by atoms with Crippen LogP contribution in [0.3, 0.4) is 0 Å². The molecule has 0 aliphatic carbocycles. The molecule has 0 aliphatic heterocycles. The SMILES string of the molecule is CCCC[PH](CCCC)(CCCC)Cc1ccc(C(C(C)C(C)(C)C(CCC)C(N)=O)C(C)(C)C)cc1. The van der Waals surface area contributed by atoms with Gasteiger partial charge in [0, 0.05) is 0 Å². The third-order valence-corrected chi connectivity index (χ3v) is 14.9. The predicted octanol–water partition coefficient (Wildman–Crippen LogP) is 10.0. The fraction of sp³-hybridized carbons (Fsp3) is 0.794. The predicted molar refractivity (Wildman–Crippen MR) is 171 cm³/mol. The number of amides is 1. The van der Waals surface area contributed by atoms with Crippen molar-refractivity contribution in [3.63, 3.8) is 0 Å². The second-order valence-corrected chi connectivity index (χ2v) is 18.8. The van der Waals surface area contributed by atoms with Crippen LogP contribution in [-0.4, -0.2) is 24.4 Å². The van der Waals surface area contributed by atoms with Gasteiger partial charge in [-0.15, -0.1) is 0 Å². The second kappa shape index (κ2) is 15.6. The summed E-state index contributed by atoms with van der Waals surface area (Å²) in [5.74, 6) is 0.445. The van der Waals surface area contributed by atoms with Gasteiger partial charge in [0.25, 0.3) is 0 Å². The van der Waals surface area contributed by atoms with E-state index >= 15 is 0 Å². The number of nitrogens with two attached hydrogens (primary N) is 1. The molecule has 216 valence electrons. The van der Waals surface area contributed by atoms with Crippen molar-refractivity contribution in [2.24, 2.45) is 28.4 Å². The second-order valence-electron chi connectivity index (χ2n) is 13.9. The van der Waals surface area contributed by atoms with E-state index in [0.29, 0.717) is 11.8 Å². The van der Waals surface area contributed by atoms with E-state index in [4.69, 9.17) is 5.73 Å². The topological polar surface area (TPSA) is 43.1 Å². The number of hydrogen-bond donors (Lipinski definition) is 1. The molecule has 0 spiro atoms. The van der Waals surface area contributed by atoms with Gasteiger partial charge in [-0.05, 0) is 0 Å². The summed E-state index contributed by atoms with van der Waals surface area (Å²) in [6.07, 6.45) is 15.8. The Balaban J connectivity index is 3.35. The van der Waals surface area contributed by atoms with Crippen molar-refractivity contribution in [2.45, 2.75) is 133 Å². The first-order valence-corrected chi connectivity index (χ1v) is 18.5. The van der Waals surface area contributed by atoms with Gasteiger partial charge in [0.05, 0.1) is 0 Å². The van der Waals surface area contributed by atoms with Gasteiger partial charge in [0.2, 0.25) is 0 Å². The van der Waals surface area contributed by atoms with Crippen LogP contribution in [0.4, 0.5) is 0 Å². The van der Waals surface area contributed by atoms with E-state index in [1.54, 1.807) is 5.56 Å². The molecule has 0 saturated carbocycles. The van der Waals surface area contributed by atoms with E-state index < -0.39 is 7.26 Å². The van der Waals surface area contributed by atoms with Gasteiger partial charge >= 0.3 is 233 Å². The van der Waals surface area contributed by atoms with Crippen LogP contribution in [0.1, 0.15) is 138 Å². The number of hydrogen-bond acceptors (Lipinski definition) is 1. The van der Waals surface area contributed by atoms with Crippen molar-refractivity contribution in [1.82, 2.24) is 0 Å². The van der Waals surface area contributed by atoms with E-state index in [-0.39, 0.29) is 22.7 Å². The molecule has 0 saturated heterocycles. The van der Waals surface area contributed by atoms with E-state index in [1.807, 2.05) is 0 Å². The van der Waals surface area contributed by atoms with Gasteiger partial charge < -0.3 is 0 Å². The minimum atomic E-state index is -1.32. The number of carbonyl (C=O) groups excluding carboxylic acids is 1. The summed E-state index contributed by atoms with van der Waals surface area (Å²) < 4.78 is 0. The number of carbonyl (C=O) groups is 1. The molecule has 0 aromatic heterocycles. The van der Waals surface area contributed by atoms with Gasteiger partial charge in [-0.3, -0.25) is 0 Å². The molecule has 0 bridgehead atoms. The van der Waals surface area contributed by atoms with Crippen molar-refractivity contribution in [3.8, 4) is 0 Å². The Labute approximate surface area is 232 Å². The first-order valence-electron chi connectivity index (χ1n) is 15.7. The zero-order valence-corrected chi connectivity index (χ0v) is 27.5. The number of unbranched alkanes of at least 4 members (excludes halogenated alkanes) is 3. The molecule has 1 aromatic carbocycles. The summed E-state index contributed by atoms with van der Waals surface area (Å²) in [4.78, 5) is 12.5. The maximum atomic E-state index is 12.5. The number of benzene rings is 1. The van der Waals surface area contributed by atoms with Crippen molar-refractivity contribution in [2.75, 3.05) is 18.5 Å². The molecule has 3 heteroatoms. The fourth-order valence-corrected chi connectivity index (χ4v) is 12.7. The summed E-state index contributed by atoms with van der Waals surface area (Å²) in [6.45, 7) is 23.2. The Morgan fingerprint density at radius 1 is 0.811 bits per heavy atom. The van der Waals surface area contributed by atoms with Gasteiger partial charge in [0.15, 0.2) is 0 Å². The molecular formula is C34H64NOP. The Morgan fingerprint density at radius 2 is 1.27 bits per heavy atom. The molecule has 37 heavy (non-hydrogen) atoms.